The first-order valence-corrected chi connectivity index (χ1v) is 12.5. The standard InChI is InChI=1S/C28H39NO3/c1-3-21(2)20-29(17-18-30)24-10-12-25(13-11-24)31-26-14-16-28-23(19-26)9-15-27(32-28)22-7-5-4-6-8-22/h4-8,14,16,19,21,24-25,27,30H,3,9-13,15,17-18,20H2,1-2H3. The molecule has 0 amide bonds. The fourth-order valence-corrected chi connectivity index (χ4v) is 5.14. The van der Waals surface area contributed by atoms with E-state index in [2.05, 4.69) is 61.2 Å². The highest BCUT2D eigenvalue weighted by atomic mass is 16.5. The zero-order valence-electron chi connectivity index (χ0n) is 19.7. The molecule has 1 fully saturated rings. The van der Waals surface area contributed by atoms with Crippen LogP contribution < -0.4 is 9.47 Å². The summed E-state index contributed by atoms with van der Waals surface area (Å²) >= 11 is 0. The van der Waals surface area contributed by atoms with Crippen molar-refractivity contribution in [3.8, 4) is 11.5 Å². The van der Waals surface area contributed by atoms with Gasteiger partial charge in [-0.25, -0.2) is 0 Å². The maximum absolute atomic E-state index is 9.50. The highest BCUT2D eigenvalue weighted by Crippen LogP contribution is 2.37. The van der Waals surface area contributed by atoms with Gasteiger partial charge < -0.3 is 14.6 Å². The quantitative estimate of drug-likeness (QED) is 0.540. The Kier molecular flexibility index (Phi) is 8.10. The average molecular weight is 438 g/mol. The van der Waals surface area contributed by atoms with Gasteiger partial charge in [0, 0.05) is 19.1 Å². The van der Waals surface area contributed by atoms with E-state index in [0.717, 1.165) is 63.1 Å². The number of aryl methyl sites for hydroxylation is 1. The summed E-state index contributed by atoms with van der Waals surface area (Å²) in [5.41, 5.74) is 2.50. The molecule has 1 saturated carbocycles. The van der Waals surface area contributed by atoms with Crippen molar-refractivity contribution in [2.75, 3.05) is 19.7 Å². The zero-order chi connectivity index (χ0) is 22.3. The number of hydrogen-bond donors (Lipinski definition) is 1. The minimum absolute atomic E-state index is 0.142. The Bertz CT molecular complexity index is 832. The van der Waals surface area contributed by atoms with Crippen LogP contribution in [0.25, 0.3) is 0 Å². The van der Waals surface area contributed by atoms with E-state index < -0.39 is 0 Å². The van der Waals surface area contributed by atoms with Crippen molar-refractivity contribution in [3.05, 3.63) is 59.7 Å². The summed E-state index contributed by atoms with van der Waals surface area (Å²) in [5.74, 6) is 2.64. The fourth-order valence-electron chi connectivity index (χ4n) is 5.14. The predicted octanol–water partition coefficient (Wildman–Crippen LogP) is 5.78. The second-order valence-corrected chi connectivity index (χ2v) is 9.61. The molecule has 1 N–H and O–H groups in total. The Balaban J connectivity index is 1.30. The van der Waals surface area contributed by atoms with E-state index in [4.69, 9.17) is 9.47 Å². The summed E-state index contributed by atoms with van der Waals surface area (Å²) in [7, 11) is 0. The molecule has 1 heterocycles. The number of fused-ring (bicyclic) bond motifs is 1. The maximum Gasteiger partial charge on any atom is 0.124 e. The van der Waals surface area contributed by atoms with E-state index in [1.54, 1.807) is 0 Å². The van der Waals surface area contributed by atoms with Crippen LogP contribution in [0.2, 0.25) is 0 Å². The summed E-state index contributed by atoms with van der Waals surface area (Å²) in [6, 6.07) is 17.4. The van der Waals surface area contributed by atoms with E-state index in [0.29, 0.717) is 12.0 Å². The Labute approximate surface area is 193 Å². The van der Waals surface area contributed by atoms with Crippen LogP contribution in [0.4, 0.5) is 0 Å². The highest BCUT2D eigenvalue weighted by molar-refractivity contribution is 5.42. The third kappa shape index (κ3) is 5.85. The number of aliphatic hydroxyl groups excluding tert-OH is 1. The summed E-state index contributed by atoms with van der Waals surface area (Å²) in [6.07, 6.45) is 8.09. The molecule has 32 heavy (non-hydrogen) atoms. The van der Waals surface area contributed by atoms with E-state index in [-0.39, 0.29) is 18.8 Å². The van der Waals surface area contributed by atoms with Gasteiger partial charge in [-0.05, 0) is 73.8 Å². The summed E-state index contributed by atoms with van der Waals surface area (Å²) in [6.45, 7) is 6.67. The van der Waals surface area contributed by atoms with Crippen LogP contribution in [0.3, 0.4) is 0 Å². The van der Waals surface area contributed by atoms with Gasteiger partial charge in [-0.2, -0.15) is 0 Å². The maximum atomic E-state index is 9.50. The van der Waals surface area contributed by atoms with Crippen molar-refractivity contribution >= 4 is 0 Å². The number of nitrogens with zero attached hydrogens (tertiary/aromatic N) is 1. The molecule has 4 nitrogen and oxygen atoms in total. The summed E-state index contributed by atoms with van der Waals surface area (Å²) in [5, 5.41) is 9.50. The molecule has 0 spiro atoms. The lowest BCUT2D eigenvalue weighted by molar-refractivity contribution is 0.0678. The second-order valence-electron chi connectivity index (χ2n) is 9.61. The van der Waals surface area contributed by atoms with Crippen LogP contribution in [0.15, 0.2) is 48.5 Å². The average Bonchev–Trinajstić information content (AvgIpc) is 2.84. The van der Waals surface area contributed by atoms with Crippen LogP contribution in [0.5, 0.6) is 11.5 Å². The van der Waals surface area contributed by atoms with E-state index in [1.165, 1.54) is 17.5 Å². The molecule has 1 aliphatic heterocycles. The summed E-state index contributed by atoms with van der Waals surface area (Å²) in [4.78, 5) is 2.50. The van der Waals surface area contributed by atoms with Crippen molar-refractivity contribution in [1.29, 1.82) is 0 Å². The molecule has 174 valence electrons. The van der Waals surface area contributed by atoms with Crippen LogP contribution >= 0.6 is 0 Å². The molecule has 1 aliphatic carbocycles. The monoisotopic (exact) mass is 437 g/mol. The van der Waals surface area contributed by atoms with Gasteiger partial charge in [-0.1, -0.05) is 50.6 Å². The van der Waals surface area contributed by atoms with E-state index in [9.17, 15) is 5.11 Å². The molecule has 4 heteroatoms. The van der Waals surface area contributed by atoms with Crippen LogP contribution in [-0.4, -0.2) is 41.8 Å². The van der Waals surface area contributed by atoms with E-state index in [1.807, 2.05) is 6.07 Å². The smallest absolute Gasteiger partial charge is 0.124 e. The minimum Gasteiger partial charge on any atom is -0.490 e. The normalized spacial score (nSPS) is 23.9. The van der Waals surface area contributed by atoms with Crippen LogP contribution in [-0.2, 0) is 6.42 Å². The van der Waals surface area contributed by atoms with Gasteiger partial charge in [0.1, 0.15) is 17.6 Å². The molecule has 0 radical (unpaired) electrons. The molecule has 4 rings (SSSR count). The lowest BCUT2D eigenvalue weighted by atomic mass is 9.91. The number of benzene rings is 2. The van der Waals surface area contributed by atoms with Crippen molar-refractivity contribution in [3.63, 3.8) is 0 Å². The minimum atomic E-state index is 0.142. The summed E-state index contributed by atoms with van der Waals surface area (Å²) < 4.78 is 12.7. The molecule has 2 aromatic rings. The number of rotatable bonds is 9. The van der Waals surface area contributed by atoms with Gasteiger partial charge in [0.25, 0.3) is 0 Å². The molecular formula is C28H39NO3. The Morgan fingerprint density at radius 3 is 2.56 bits per heavy atom. The zero-order valence-corrected chi connectivity index (χ0v) is 19.7. The first-order valence-electron chi connectivity index (χ1n) is 12.5. The van der Waals surface area contributed by atoms with Crippen LogP contribution in [0.1, 0.15) is 69.6 Å². The van der Waals surface area contributed by atoms with Gasteiger partial charge in [0.05, 0.1) is 12.7 Å². The molecule has 2 unspecified atom stereocenters. The van der Waals surface area contributed by atoms with Gasteiger partial charge in [0.15, 0.2) is 0 Å². The molecule has 2 aromatic carbocycles. The van der Waals surface area contributed by atoms with E-state index >= 15 is 0 Å². The molecule has 0 saturated heterocycles. The van der Waals surface area contributed by atoms with Crippen LogP contribution in [0, 0.1) is 5.92 Å². The van der Waals surface area contributed by atoms with Crippen molar-refractivity contribution < 1.29 is 14.6 Å². The fraction of sp³-hybridized carbons (Fsp3) is 0.571. The topological polar surface area (TPSA) is 41.9 Å². The molecular weight excluding hydrogens is 398 g/mol. The lowest BCUT2D eigenvalue weighted by Crippen LogP contribution is -2.43. The number of aliphatic hydroxyl groups is 1. The third-order valence-corrected chi connectivity index (χ3v) is 7.24. The van der Waals surface area contributed by atoms with Crippen molar-refractivity contribution in [2.45, 2.75) is 77.0 Å². The second kappa shape index (κ2) is 11.2. The molecule has 0 aromatic heterocycles. The first kappa shape index (κ1) is 23.1. The van der Waals surface area contributed by atoms with Crippen molar-refractivity contribution in [2.24, 2.45) is 5.92 Å². The number of ether oxygens (including phenoxy) is 2. The highest BCUT2D eigenvalue weighted by Gasteiger charge is 2.28. The molecule has 2 atom stereocenters. The van der Waals surface area contributed by atoms with Crippen molar-refractivity contribution in [1.82, 2.24) is 4.90 Å². The Morgan fingerprint density at radius 2 is 1.84 bits per heavy atom. The van der Waals surface area contributed by atoms with Gasteiger partial charge in [-0.3, -0.25) is 4.90 Å². The molecule has 0 bridgehead atoms. The van der Waals surface area contributed by atoms with Gasteiger partial charge in [0.2, 0.25) is 0 Å². The largest absolute Gasteiger partial charge is 0.490 e. The van der Waals surface area contributed by atoms with Gasteiger partial charge in [-0.15, -0.1) is 0 Å². The molecule has 2 aliphatic rings. The SMILES string of the molecule is CCC(C)CN(CCO)C1CCC(Oc2ccc3c(c2)CCC(c2ccccc2)O3)CC1. The lowest BCUT2D eigenvalue weighted by Gasteiger charge is -2.38. The number of hydrogen-bond acceptors (Lipinski definition) is 4. The Morgan fingerprint density at radius 1 is 1.06 bits per heavy atom. The third-order valence-electron chi connectivity index (χ3n) is 7.24. The predicted molar refractivity (Wildman–Crippen MR) is 129 cm³/mol. The van der Waals surface area contributed by atoms with Gasteiger partial charge >= 0.3 is 0 Å². The Hall–Kier alpha value is -2.04. The first-order chi connectivity index (χ1) is 15.7.